The van der Waals surface area contributed by atoms with E-state index in [1.807, 2.05) is 24.3 Å². The van der Waals surface area contributed by atoms with Gasteiger partial charge >= 0.3 is 17.9 Å². The molecule has 0 aliphatic carbocycles. The van der Waals surface area contributed by atoms with Crippen LogP contribution in [-0.2, 0) is 28.6 Å². The van der Waals surface area contributed by atoms with Crippen LogP contribution < -0.4 is 14.2 Å². The largest absolute Gasteiger partial charge is 0.497 e. The van der Waals surface area contributed by atoms with Crippen molar-refractivity contribution in [3.63, 3.8) is 0 Å². The first-order chi connectivity index (χ1) is 18.4. The van der Waals surface area contributed by atoms with Gasteiger partial charge in [0.1, 0.15) is 23.9 Å². The second-order valence-corrected chi connectivity index (χ2v) is 7.73. The highest BCUT2D eigenvalue weighted by atomic mass is 16.6. The summed E-state index contributed by atoms with van der Waals surface area (Å²) in [5.74, 6) is 0.0814. The van der Waals surface area contributed by atoms with Crippen molar-refractivity contribution in [2.75, 3.05) is 33.5 Å². The second kappa shape index (κ2) is 17.1. The van der Waals surface area contributed by atoms with Gasteiger partial charge in [-0.05, 0) is 60.9 Å². The summed E-state index contributed by atoms with van der Waals surface area (Å²) in [6.45, 7) is 7.49. The Hall–Kier alpha value is -4.37. The molecule has 0 saturated carbocycles. The van der Waals surface area contributed by atoms with E-state index in [0.29, 0.717) is 36.9 Å². The van der Waals surface area contributed by atoms with Crippen LogP contribution in [0.2, 0.25) is 0 Å². The summed E-state index contributed by atoms with van der Waals surface area (Å²) in [6, 6.07) is 14.0. The minimum atomic E-state index is -0.738. The van der Waals surface area contributed by atoms with Crippen molar-refractivity contribution in [2.45, 2.75) is 18.9 Å². The van der Waals surface area contributed by atoms with Crippen LogP contribution >= 0.6 is 0 Å². The van der Waals surface area contributed by atoms with E-state index in [1.165, 1.54) is 6.08 Å². The van der Waals surface area contributed by atoms with E-state index in [4.69, 9.17) is 28.4 Å². The van der Waals surface area contributed by atoms with E-state index in [1.54, 1.807) is 37.5 Å². The summed E-state index contributed by atoms with van der Waals surface area (Å²) < 4.78 is 31.6. The van der Waals surface area contributed by atoms with Gasteiger partial charge in [0, 0.05) is 24.8 Å². The van der Waals surface area contributed by atoms with Gasteiger partial charge in [0.15, 0.2) is 6.10 Å². The number of hydrogen-bond acceptors (Lipinski definition) is 9. The third kappa shape index (κ3) is 12.0. The Morgan fingerprint density at radius 1 is 0.789 bits per heavy atom. The normalized spacial score (nSPS) is 11.3. The number of carbonyl (C=O) groups excluding carboxylic acids is 3. The average Bonchev–Trinajstić information content (AvgIpc) is 2.94. The van der Waals surface area contributed by atoms with E-state index < -0.39 is 24.0 Å². The third-order valence-corrected chi connectivity index (χ3v) is 4.85. The second-order valence-electron chi connectivity index (χ2n) is 7.73. The van der Waals surface area contributed by atoms with E-state index in [2.05, 4.69) is 13.2 Å². The van der Waals surface area contributed by atoms with Crippen LogP contribution in [0.5, 0.6) is 17.2 Å². The molecule has 0 saturated heterocycles. The number of rotatable bonds is 17. The highest BCUT2D eigenvalue weighted by molar-refractivity contribution is 5.88. The van der Waals surface area contributed by atoms with Crippen molar-refractivity contribution in [3.8, 4) is 17.2 Å². The fraction of sp³-hybridized carbons (Fsp3) is 0.276. The summed E-state index contributed by atoms with van der Waals surface area (Å²) in [7, 11) is 1.57. The molecular formula is C29H32O9. The fourth-order valence-corrected chi connectivity index (χ4v) is 2.91. The number of unbranched alkanes of at least 4 members (excludes halogenated alkanes) is 1. The molecule has 0 aliphatic heterocycles. The summed E-state index contributed by atoms with van der Waals surface area (Å²) in [4.78, 5) is 34.6. The molecule has 9 nitrogen and oxygen atoms in total. The fourth-order valence-electron chi connectivity index (χ4n) is 2.91. The summed E-state index contributed by atoms with van der Waals surface area (Å²) in [6.07, 6.45) is 5.78. The van der Waals surface area contributed by atoms with Crippen LogP contribution in [0, 0.1) is 0 Å². The van der Waals surface area contributed by atoms with Gasteiger partial charge in [0.2, 0.25) is 0 Å². The molecule has 0 fully saturated rings. The lowest BCUT2D eigenvalue weighted by Crippen LogP contribution is -2.29. The molecule has 202 valence electrons. The zero-order valence-corrected chi connectivity index (χ0v) is 21.3. The lowest BCUT2D eigenvalue weighted by Gasteiger charge is -2.17. The molecule has 0 aromatic heterocycles. The molecule has 0 N–H and O–H groups in total. The predicted molar refractivity (Wildman–Crippen MR) is 141 cm³/mol. The molecule has 0 spiro atoms. The molecule has 2 rings (SSSR count). The molecule has 1 atom stereocenters. The lowest BCUT2D eigenvalue weighted by molar-refractivity contribution is -0.156. The lowest BCUT2D eigenvalue weighted by atomic mass is 10.2. The molecule has 2 aromatic carbocycles. The summed E-state index contributed by atoms with van der Waals surface area (Å²) in [5.41, 5.74) is 0.822. The number of benzene rings is 2. The highest BCUT2D eigenvalue weighted by Crippen LogP contribution is 2.18. The minimum absolute atomic E-state index is 0.0769. The van der Waals surface area contributed by atoms with E-state index in [-0.39, 0.29) is 13.2 Å². The maximum atomic E-state index is 12.0. The third-order valence-electron chi connectivity index (χ3n) is 4.85. The first-order valence-electron chi connectivity index (χ1n) is 11.9. The number of methoxy groups -OCH3 is 1. The van der Waals surface area contributed by atoms with Crippen LogP contribution in [0.15, 0.2) is 79.9 Å². The smallest absolute Gasteiger partial charge is 0.336 e. The number of esters is 3. The first-order valence-corrected chi connectivity index (χ1v) is 11.9. The van der Waals surface area contributed by atoms with Gasteiger partial charge < -0.3 is 28.4 Å². The van der Waals surface area contributed by atoms with Crippen LogP contribution in [0.1, 0.15) is 18.4 Å². The van der Waals surface area contributed by atoms with Crippen molar-refractivity contribution >= 4 is 24.0 Å². The topological polar surface area (TPSA) is 107 Å². The molecule has 0 amide bonds. The Labute approximate surface area is 222 Å². The molecule has 38 heavy (non-hydrogen) atoms. The zero-order valence-electron chi connectivity index (χ0n) is 21.3. The molecule has 0 bridgehead atoms. The Kier molecular flexibility index (Phi) is 13.5. The standard InChI is InChI=1S/C29H32O9/c1-4-27(30)36-21-26(38-28(31)5-2)20-34-18-6-7-19-35-24-11-8-22(9-12-24)10-17-29(32)37-25-15-13-23(33-3)14-16-25/h4-5,8-17,26H,1-2,6-7,18-21H2,3H3/b17-10+. The van der Waals surface area contributed by atoms with Gasteiger partial charge in [-0.25, -0.2) is 14.4 Å². The van der Waals surface area contributed by atoms with Gasteiger partial charge in [-0.1, -0.05) is 25.3 Å². The Morgan fingerprint density at radius 3 is 2.08 bits per heavy atom. The van der Waals surface area contributed by atoms with Crippen LogP contribution in [0.4, 0.5) is 0 Å². The molecule has 2 aromatic rings. The van der Waals surface area contributed by atoms with Crippen molar-refractivity contribution in [2.24, 2.45) is 0 Å². The average molecular weight is 525 g/mol. The van der Waals surface area contributed by atoms with Crippen molar-refractivity contribution in [1.29, 1.82) is 0 Å². The van der Waals surface area contributed by atoms with E-state index >= 15 is 0 Å². The van der Waals surface area contributed by atoms with Crippen molar-refractivity contribution in [3.05, 3.63) is 85.5 Å². The Morgan fingerprint density at radius 2 is 1.42 bits per heavy atom. The van der Waals surface area contributed by atoms with Gasteiger partial charge in [0.05, 0.1) is 20.3 Å². The molecule has 9 heteroatoms. The molecule has 0 radical (unpaired) electrons. The molecular weight excluding hydrogens is 492 g/mol. The zero-order chi connectivity index (χ0) is 27.6. The number of hydrogen-bond donors (Lipinski definition) is 0. The Balaban J connectivity index is 1.64. The van der Waals surface area contributed by atoms with Gasteiger partial charge in [0.25, 0.3) is 0 Å². The van der Waals surface area contributed by atoms with E-state index in [9.17, 15) is 14.4 Å². The van der Waals surface area contributed by atoms with Crippen LogP contribution in [0.3, 0.4) is 0 Å². The van der Waals surface area contributed by atoms with Crippen LogP contribution in [-0.4, -0.2) is 57.5 Å². The van der Waals surface area contributed by atoms with E-state index in [0.717, 1.165) is 24.1 Å². The first kappa shape index (κ1) is 29.9. The SMILES string of the molecule is C=CC(=O)OCC(COCCCCOc1ccc(/C=C/C(=O)Oc2ccc(OC)cc2)cc1)OC(=O)C=C. The van der Waals surface area contributed by atoms with Crippen LogP contribution in [0.25, 0.3) is 6.08 Å². The number of carbonyl (C=O) groups is 3. The molecule has 0 aliphatic rings. The minimum Gasteiger partial charge on any atom is -0.497 e. The Bertz CT molecular complexity index is 1070. The molecule has 0 heterocycles. The van der Waals surface area contributed by atoms with Gasteiger partial charge in [-0.2, -0.15) is 0 Å². The maximum Gasteiger partial charge on any atom is 0.336 e. The predicted octanol–water partition coefficient (Wildman–Crippen LogP) is 4.32. The monoisotopic (exact) mass is 524 g/mol. The summed E-state index contributed by atoms with van der Waals surface area (Å²) >= 11 is 0. The quantitative estimate of drug-likeness (QED) is 0.129. The van der Waals surface area contributed by atoms with Crippen molar-refractivity contribution in [1.82, 2.24) is 0 Å². The number of ether oxygens (including phenoxy) is 6. The van der Waals surface area contributed by atoms with Crippen molar-refractivity contribution < 1.29 is 42.8 Å². The highest BCUT2D eigenvalue weighted by Gasteiger charge is 2.15. The molecule has 1 unspecified atom stereocenters. The van der Waals surface area contributed by atoms with Gasteiger partial charge in [-0.15, -0.1) is 0 Å². The summed E-state index contributed by atoms with van der Waals surface area (Å²) in [5, 5.41) is 0. The maximum absolute atomic E-state index is 12.0. The van der Waals surface area contributed by atoms with Gasteiger partial charge in [-0.3, -0.25) is 0 Å².